The molecule has 2 aromatic rings. The zero-order chi connectivity index (χ0) is 20.4. The molecule has 0 bridgehead atoms. The van der Waals surface area contributed by atoms with Crippen LogP contribution in [0.2, 0.25) is 0 Å². The Morgan fingerprint density at radius 2 is 1.89 bits per heavy atom. The van der Waals surface area contributed by atoms with Gasteiger partial charge >= 0.3 is 11.9 Å². The molecule has 9 nitrogen and oxygen atoms in total. The summed E-state index contributed by atoms with van der Waals surface area (Å²) in [4.78, 5) is 36.7. The minimum Gasteiger partial charge on any atom is -0.465 e. The molecule has 1 aliphatic rings. The van der Waals surface area contributed by atoms with Crippen LogP contribution in [0, 0.1) is 6.92 Å². The van der Waals surface area contributed by atoms with Crippen molar-refractivity contribution in [2.24, 2.45) is 7.05 Å². The molecule has 0 unspecified atom stereocenters. The van der Waals surface area contributed by atoms with E-state index < -0.39 is 11.9 Å². The van der Waals surface area contributed by atoms with Gasteiger partial charge < -0.3 is 19.4 Å². The van der Waals surface area contributed by atoms with Crippen LogP contribution < -0.4 is 5.32 Å². The zero-order valence-corrected chi connectivity index (χ0v) is 17.5. The highest BCUT2D eigenvalue weighted by Gasteiger charge is 2.30. The molecule has 150 valence electrons. The first-order valence-corrected chi connectivity index (χ1v) is 10.3. The minimum absolute atomic E-state index is 0.0851. The molecule has 1 saturated carbocycles. The molecule has 28 heavy (non-hydrogen) atoms. The van der Waals surface area contributed by atoms with Gasteiger partial charge in [0, 0.05) is 13.0 Å². The van der Waals surface area contributed by atoms with Gasteiger partial charge in [-0.15, -0.1) is 21.5 Å². The molecule has 2 aromatic heterocycles. The van der Waals surface area contributed by atoms with E-state index in [1.165, 1.54) is 26.0 Å². The Labute approximate surface area is 169 Å². The van der Waals surface area contributed by atoms with Gasteiger partial charge in [-0.25, -0.2) is 9.59 Å². The third-order valence-electron chi connectivity index (χ3n) is 4.30. The first kappa shape index (κ1) is 20.3. The Morgan fingerprint density at radius 3 is 2.50 bits per heavy atom. The number of anilines is 1. The topological polar surface area (TPSA) is 112 Å². The number of esters is 2. The fraction of sp³-hybridized carbons (Fsp3) is 0.471. The van der Waals surface area contributed by atoms with Gasteiger partial charge in [0.25, 0.3) is 0 Å². The lowest BCUT2D eigenvalue weighted by atomic mass is 10.1. The molecule has 11 heteroatoms. The number of carbonyl (C=O) groups excluding carboxylic acids is 3. The fourth-order valence-electron chi connectivity index (χ4n) is 2.68. The average molecular weight is 425 g/mol. The number of methoxy groups -OCH3 is 2. The Hall–Kier alpha value is -2.40. The van der Waals surface area contributed by atoms with Crippen molar-refractivity contribution in [2.45, 2.75) is 30.8 Å². The average Bonchev–Trinajstić information content (AvgIpc) is 3.38. The monoisotopic (exact) mass is 424 g/mol. The number of thioether (sulfide) groups is 1. The van der Waals surface area contributed by atoms with Gasteiger partial charge in [-0.2, -0.15) is 0 Å². The maximum atomic E-state index is 12.4. The fourth-order valence-corrected chi connectivity index (χ4v) is 4.53. The van der Waals surface area contributed by atoms with E-state index in [-0.39, 0.29) is 27.1 Å². The number of aromatic nitrogens is 3. The highest BCUT2D eigenvalue weighted by molar-refractivity contribution is 7.99. The second kappa shape index (κ2) is 8.31. The lowest BCUT2D eigenvalue weighted by Gasteiger charge is -2.06. The molecule has 1 N–H and O–H groups in total. The summed E-state index contributed by atoms with van der Waals surface area (Å²) >= 11 is 2.24. The molecule has 1 amide bonds. The van der Waals surface area contributed by atoms with Crippen molar-refractivity contribution in [3.8, 4) is 0 Å². The van der Waals surface area contributed by atoms with E-state index in [1.54, 1.807) is 6.92 Å². The molecule has 1 aliphatic carbocycles. The Morgan fingerprint density at radius 1 is 1.21 bits per heavy atom. The van der Waals surface area contributed by atoms with Crippen LogP contribution in [0.25, 0.3) is 0 Å². The lowest BCUT2D eigenvalue weighted by molar-refractivity contribution is -0.113. The molecule has 3 rings (SSSR count). The molecule has 0 saturated heterocycles. The van der Waals surface area contributed by atoms with Crippen LogP contribution in [0.4, 0.5) is 5.00 Å². The molecule has 0 aliphatic heterocycles. The molecule has 1 fully saturated rings. The predicted molar refractivity (Wildman–Crippen MR) is 104 cm³/mol. The molecule has 0 spiro atoms. The van der Waals surface area contributed by atoms with Crippen molar-refractivity contribution in [2.75, 3.05) is 25.3 Å². The van der Waals surface area contributed by atoms with E-state index >= 15 is 0 Å². The number of nitrogens with zero attached hydrogens (tertiary/aromatic N) is 3. The lowest BCUT2D eigenvalue weighted by Crippen LogP contribution is -2.16. The standard InChI is InChI=1S/C17H20N4O5S2/c1-8-11(15(23)25-3)14(28-12(8)16(24)26-4)18-10(22)7-27-17-20-19-13(21(17)2)9-5-6-9/h9H,5-7H2,1-4H3,(H,18,22). The summed E-state index contributed by atoms with van der Waals surface area (Å²) in [6.45, 7) is 1.61. The number of amides is 1. The first-order valence-electron chi connectivity index (χ1n) is 8.49. The van der Waals surface area contributed by atoms with Crippen molar-refractivity contribution < 1.29 is 23.9 Å². The van der Waals surface area contributed by atoms with Crippen LogP contribution in [0.5, 0.6) is 0 Å². The number of thiophene rings is 1. The van der Waals surface area contributed by atoms with Crippen LogP contribution in [0.1, 0.15) is 50.2 Å². The van der Waals surface area contributed by atoms with Crippen LogP contribution in [-0.4, -0.2) is 52.6 Å². The summed E-state index contributed by atoms with van der Waals surface area (Å²) in [7, 11) is 4.38. The maximum Gasteiger partial charge on any atom is 0.348 e. The third-order valence-corrected chi connectivity index (χ3v) is 6.51. The van der Waals surface area contributed by atoms with Crippen molar-refractivity contribution >= 4 is 45.9 Å². The minimum atomic E-state index is -0.630. The normalized spacial score (nSPS) is 13.3. The highest BCUT2D eigenvalue weighted by atomic mass is 32.2. The number of carbonyl (C=O) groups is 3. The number of nitrogens with one attached hydrogen (secondary N) is 1. The van der Waals surface area contributed by atoms with Crippen LogP contribution >= 0.6 is 23.1 Å². The quantitative estimate of drug-likeness (QED) is 0.532. The van der Waals surface area contributed by atoms with Gasteiger partial charge in [-0.1, -0.05) is 11.8 Å². The van der Waals surface area contributed by atoms with E-state index in [2.05, 4.69) is 15.5 Å². The molecule has 0 radical (unpaired) electrons. The van der Waals surface area contributed by atoms with E-state index in [4.69, 9.17) is 9.47 Å². The van der Waals surface area contributed by atoms with E-state index in [0.29, 0.717) is 16.6 Å². The van der Waals surface area contributed by atoms with Gasteiger partial charge in [0.2, 0.25) is 5.91 Å². The van der Waals surface area contributed by atoms with Crippen molar-refractivity contribution in [3.05, 3.63) is 21.8 Å². The van der Waals surface area contributed by atoms with Crippen molar-refractivity contribution in [1.29, 1.82) is 0 Å². The third kappa shape index (κ3) is 4.04. The highest BCUT2D eigenvalue weighted by Crippen LogP contribution is 2.39. The van der Waals surface area contributed by atoms with Gasteiger partial charge in [0.1, 0.15) is 15.7 Å². The number of hydrogen-bond donors (Lipinski definition) is 1. The van der Waals surface area contributed by atoms with Gasteiger partial charge in [0.15, 0.2) is 5.16 Å². The van der Waals surface area contributed by atoms with E-state index in [1.807, 2.05) is 11.6 Å². The number of hydrogen-bond acceptors (Lipinski definition) is 9. The van der Waals surface area contributed by atoms with Crippen molar-refractivity contribution in [3.63, 3.8) is 0 Å². The molecular weight excluding hydrogens is 404 g/mol. The van der Waals surface area contributed by atoms with Gasteiger partial charge in [-0.05, 0) is 25.3 Å². The number of rotatable bonds is 7. The SMILES string of the molecule is COC(=O)c1sc(NC(=O)CSc2nnc(C3CC3)n2C)c(C(=O)OC)c1C. The number of ether oxygens (including phenoxy) is 2. The van der Waals surface area contributed by atoms with Crippen LogP contribution in [0.3, 0.4) is 0 Å². The second-order valence-electron chi connectivity index (χ2n) is 6.25. The summed E-state index contributed by atoms with van der Waals surface area (Å²) in [5.74, 6) is -0.0456. The molecule has 2 heterocycles. The van der Waals surface area contributed by atoms with E-state index in [0.717, 1.165) is 30.0 Å². The summed E-state index contributed by atoms with van der Waals surface area (Å²) in [5, 5.41) is 11.9. The predicted octanol–water partition coefficient (Wildman–Crippen LogP) is 2.37. The summed E-state index contributed by atoms with van der Waals surface area (Å²) < 4.78 is 11.4. The van der Waals surface area contributed by atoms with Crippen LogP contribution in [-0.2, 0) is 21.3 Å². The second-order valence-corrected chi connectivity index (χ2v) is 8.22. The van der Waals surface area contributed by atoms with Gasteiger partial charge in [0.05, 0.1) is 25.5 Å². The summed E-state index contributed by atoms with van der Waals surface area (Å²) in [6, 6.07) is 0. The van der Waals surface area contributed by atoms with Crippen molar-refractivity contribution in [1.82, 2.24) is 14.8 Å². The first-order chi connectivity index (χ1) is 13.4. The van der Waals surface area contributed by atoms with E-state index in [9.17, 15) is 14.4 Å². The Bertz CT molecular complexity index is 932. The Balaban J connectivity index is 1.72. The van der Waals surface area contributed by atoms with Gasteiger partial charge in [-0.3, -0.25) is 4.79 Å². The molecule has 0 aromatic carbocycles. The maximum absolute atomic E-state index is 12.4. The molecule has 0 atom stereocenters. The largest absolute Gasteiger partial charge is 0.465 e. The summed E-state index contributed by atoms with van der Waals surface area (Å²) in [5.41, 5.74) is 0.565. The Kier molecular flexibility index (Phi) is 6.04. The van der Waals surface area contributed by atoms with Crippen LogP contribution in [0.15, 0.2) is 5.16 Å². The smallest absolute Gasteiger partial charge is 0.348 e. The zero-order valence-electron chi connectivity index (χ0n) is 15.9. The summed E-state index contributed by atoms with van der Waals surface area (Å²) in [6.07, 6.45) is 2.24. The molecular formula is C17H20N4O5S2.